The van der Waals surface area contributed by atoms with E-state index in [1.807, 2.05) is 0 Å². The molecule has 3 nitrogen and oxygen atoms in total. The molecule has 1 aliphatic heterocycles. The van der Waals surface area contributed by atoms with E-state index >= 15 is 0 Å². The molecule has 0 atom stereocenters. The van der Waals surface area contributed by atoms with Crippen molar-refractivity contribution in [1.29, 1.82) is 0 Å². The molecule has 1 rings (SSSR count). The molecule has 0 aromatic carbocycles. The fourth-order valence-electron chi connectivity index (χ4n) is 2.09. The summed E-state index contributed by atoms with van der Waals surface area (Å²) in [5.41, 5.74) is 1.36. The summed E-state index contributed by atoms with van der Waals surface area (Å²) in [5.74, 6) is 0. The van der Waals surface area contributed by atoms with E-state index in [0.717, 1.165) is 13.1 Å². The van der Waals surface area contributed by atoms with Crippen LogP contribution in [0.5, 0.6) is 0 Å². The molecular formula is C15H30N2O. The number of ether oxygens (including phenoxy) is 1. The lowest BCUT2D eigenvalue weighted by molar-refractivity contribution is 0.0191. The predicted octanol–water partition coefficient (Wildman–Crippen LogP) is 2.43. The molecule has 0 aliphatic carbocycles. The maximum atomic E-state index is 5.43. The number of methoxy groups -OCH3 is 1. The number of hydrogen-bond acceptors (Lipinski definition) is 3. The van der Waals surface area contributed by atoms with E-state index in [-0.39, 0.29) is 5.60 Å². The van der Waals surface area contributed by atoms with Crippen LogP contribution in [0.3, 0.4) is 0 Å². The maximum Gasteiger partial charge on any atom is 0.0746 e. The van der Waals surface area contributed by atoms with E-state index < -0.39 is 0 Å². The summed E-state index contributed by atoms with van der Waals surface area (Å²) in [6.07, 6.45) is 4.81. The first kappa shape index (κ1) is 15.7. The molecule has 1 heterocycles. The Hall–Kier alpha value is -0.380. The molecule has 1 saturated heterocycles. The second-order valence-corrected chi connectivity index (χ2v) is 6.20. The van der Waals surface area contributed by atoms with Gasteiger partial charge in [0.25, 0.3) is 0 Å². The van der Waals surface area contributed by atoms with Crippen molar-refractivity contribution < 1.29 is 4.74 Å². The lowest BCUT2D eigenvalue weighted by Gasteiger charge is -2.34. The van der Waals surface area contributed by atoms with Gasteiger partial charge in [0.15, 0.2) is 0 Å². The van der Waals surface area contributed by atoms with E-state index in [4.69, 9.17) is 4.74 Å². The summed E-state index contributed by atoms with van der Waals surface area (Å²) in [6, 6.07) is 0.655. The summed E-state index contributed by atoms with van der Waals surface area (Å²) in [6.45, 7) is 13.0. The molecule has 106 valence electrons. The Morgan fingerprint density at radius 3 is 2.44 bits per heavy atom. The highest BCUT2D eigenvalue weighted by Gasteiger charge is 2.22. The maximum absolute atomic E-state index is 5.43. The Labute approximate surface area is 113 Å². The minimum absolute atomic E-state index is 0.0564. The summed E-state index contributed by atoms with van der Waals surface area (Å²) in [7, 11) is 1.78. The van der Waals surface area contributed by atoms with Gasteiger partial charge in [-0.25, -0.2) is 0 Å². The van der Waals surface area contributed by atoms with Gasteiger partial charge in [-0.1, -0.05) is 11.6 Å². The number of allylic oxidation sites excluding steroid dienone is 1. The molecular weight excluding hydrogens is 224 g/mol. The van der Waals surface area contributed by atoms with E-state index in [9.17, 15) is 0 Å². The van der Waals surface area contributed by atoms with Crippen molar-refractivity contribution in [2.45, 2.75) is 52.2 Å². The summed E-state index contributed by atoms with van der Waals surface area (Å²) in [5, 5.41) is 3.63. The molecule has 0 unspecified atom stereocenters. The average Bonchev–Trinajstić information content (AvgIpc) is 2.35. The third-order valence-electron chi connectivity index (χ3n) is 3.71. The smallest absolute Gasteiger partial charge is 0.0746 e. The molecule has 3 heteroatoms. The SMILES string of the molecule is COC(C)(C)CNC1CCN(CC=C(C)C)CC1. The molecule has 0 bridgehead atoms. The largest absolute Gasteiger partial charge is 0.377 e. The third kappa shape index (κ3) is 5.98. The number of likely N-dealkylation sites (tertiary alicyclic amines) is 1. The number of rotatable bonds is 6. The highest BCUT2D eigenvalue weighted by Crippen LogP contribution is 2.12. The fraction of sp³-hybridized carbons (Fsp3) is 0.867. The zero-order valence-corrected chi connectivity index (χ0v) is 12.8. The normalized spacial score (nSPS) is 18.9. The minimum atomic E-state index is -0.0564. The zero-order chi connectivity index (χ0) is 13.6. The van der Waals surface area contributed by atoms with Crippen molar-refractivity contribution in [3.63, 3.8) is 0 Å². The average molecular weight is 254 g/mol. The molecule has 0 aromatic rings. The van der Waals surface area contributed by atoms with Gasteiger partial charge in [0.1, 0.15) is 0 Å². The minimum Gasteiger partial charge on any atom is -0.377 e. The lowest BCUT2D eigenvalue weighted by Crippen LogP contribution is -2.47. The van der Waals surface area contributed by atoms with Crippen LogP contribution >= 0.6 is 0 Å². The molecule has 0 amide bonds. The van der Waals surface area contributed by atoms with Gasteiger partial charge in [-0.2, -0.15) is 0 Å². The predicted molar refractivity (Wildman–Crippen MR) is 78.0 cm³/mol. The van der Waals surface area contributed by atoms with Gasteiger partial charge in [0.05, 0.1) is 5.60 Å². The van der Waals surface area contributed by atoms with Crippen LogP contribution in [-0.4, -0.2) is 49.8 Å². The first-order chi connectivity index (χ1) is 8.43. The first-order valence-electron chi connectivity index (χ1n) is 7.07. The van der Waals surface area contributed by atoms with Crippen molar-refractivity contribution in [3.8, 4) is 0 Å². The van der Waals surface area contributed by atoms with Crippen LogP contribution < -0.4 is 5.32 Å². The van der Waals surface area contributed by atoms with Crippen LogP contribution in [0.15, 0.2) is 11.6 Å². The molecule has 1 aliphatic rings. The first-order valence-corrected chi connectivity index (χ1v) is 7.07. The van der Waals surface area contributed by atoms with Gasteiger partial charge >= 0.3 is 0 Å². The van der Waals surface area contributed by atoms with Gasteiger partial charge in [0, 0.05) is 26.2 Å². The highest BCUT2D eigenvalue weighted by atomic mass is 16.5. The zero-order valence-electron chi connectivity index (χ0n) is 12.8. The van der Waals surface area contributed by atoms with E-state index in [0.29, 0.717) is 6.04 Å². The van der Waals surface area contributed by atoms with Crippen LogP contribution in [-0.2, 0) is 4.74 Å². The Balaban J connectivity index is 2.21. The number of piperidine rings is 1. The van der Waals surface area contributed by atoms with E-state index in [1.54, 1.807) is 7.11 Å². The molecule has 1 N–H and O–H groups in total. The van der Waals surface area contributed by atoms with Gasteiger partial charge in [-0.05, 0) is 53.6 Å². The number of nitrogens with one attached hydrogen (secondary N) is 1. The van der Waals surface area contributed by atoms with Crippen molar-refractivity contribution in [2.24, 2.45) is 0 Å². The molecule has 0 saturated carbocycles. The van der Waals surface area contributed by atoms with E-state index in [1.165, 1.54) is 31.5 Å². The van der Waals surface area contributed by atoms with Gasteiger partial charge in [0.2, 0.25) is 0 Å². The summed E-state index contributed by atoms with van der Waals surface area (Å²) >= 11 is 0. The van der Waals surface area contributed by atoms with Gasteiger partial charge < -0.3 is 10.1 Å². The molecule has 0 spiro atoms. The highest BCUT2D eigenvalue weighted by molar-refractivity contribution is 4.95. The topological polar surface area (TPSA) is 24.5 Å². The second kappa shape index (κ2) is 7.27. The van der Waals surface area contributed by atoms with Crippen molar-refractivity contribution in [3.05, 3.63) is 11.6 Å². The number of hydrogen-bond donors (Lipinski definition) is 1. The monoisotopic (exact) mass is 254 g/mol. The molecule has 18 heavy (non-hydrogen) atoms. The standard InChI is InChI=1S/C15H30N2O/c1-13(2)6-9-17-10-7-14(8-11-17)16-12-15(3,4)18-5/h6,14,16H,7-12H2,1-5H3. The van der Waals surface area contributed by atoms with E-state index in [2.05, 4.69) is 44.0 Å². The lowest BCUT2D eigenvalue weighted by atomic mass is 10.0. The van der Waals surface area contributed by atoms with Crippen molar-refractivity contribution in [2.75, 3.05) is 33.3 Å². The summed E-state index contributed by atoms with van der Waals surface area (Å²) < 4.78 is 5.43. The third-order valence-corrected chi connectivity index (χ3v) is 3.71. The second-order valence-electron chi connectivity index (χ2n) is 6.20. The number of nitrogens with zero attached hydrogens (tertiary/aromatic N) is 1. The van der Waals surface area contributed by atoms with Crippen LogP contribution in [0.25, 0.3) is 0 Å². The summed E-state index contributed by atoms with van der Waals surface area (Å²) in [4.78, 5) is 2.53. The van der Waals surface area contributed by atoms with Crippen LogP contribution in [0.4, 0.5) is 0 Å². The van der Waals surface area contributed by atoms with Crippen LogP contribution in [0, 0.1) is 0 Å². The Morgan fingerprint density at radius 2 is 1.94 bits per heavy atom. The Bertz CT molecular complexity index is 262. The molecule has 0 aromatic heterocycles. The quantitative estimate of drug-likeness (QED) is 0.737. The molecule has 0 radical (unpaired) electrons. The van der Waals surface area contributed by atoms with Crippen LogP contribution in [0.1, 0.15) is 40.5 Å². The Morgan fingerprint density at radius 1 is 1.33 bits per heavy atom. The van der Waals surface area contributed by atoms with Crippen molar-refractivity contribution in [1.82, 2.24) is 10.2 Å². The van der Waals surface area contributed by atoms with Gasteiger partial charge in [-0.15, -0.1) is 0 Å². The van der Waals surface area contributed by atoms with Crippen LogP contribution in [0.2, 0.25) is 0 Å². The molecule has 1 fully saturated rings. The fourth-order valence-corrected chi connectivity index (χ4v) is 2.09. The van der Waals surface area contributed by atoms with Gasteiger partial charge in [-0.3, -0.25) is 4.90 Å². The Kier molecular flexibility index (Phi) is 6.33. The van der Waals surface area contributed by atoms with Crippen molar-refractivity contribution >= 4 is 0 Å².